The van der Waals surface area contributed by atoms with Crippen molar-refractivity contribution in [2.24, 2.45) is 5.73 Å². The van der Waals surface area contributed by atoms with E-state index in [0.29, 0.717) is 0 Å². The number of halogens is 1. The quantitative estimate of drug-likeness (QED) is 0.922. The van der Waals surface area contributed by atoms with Crippen molar-refractivity contribution >= 4 is 22.9 Å². The molecule has 0 saturated carbocycles. The second-order valence-corrected chi connectivity index (χ2v) is 5.71. The minimum Gasteiger partial charge on any atom is -0.323 e. The highest BCUT2D eigenvalue weighted by Gasteiger charge is 2.15. The third kappa shape index (κ3) is 2.91. The van der Waals surface area contributed by atoms with Crippen LogP contribution < -0.4 is 5.73 Å². The lowest BCUT2D eigenvalue weighted by Crippen LogP contribution is -2.13. The van der Waals surface area contributed by atoms with Gasteiger partial charge in [-0.1, -0.05) is 24.6 Å². The zero-order valence-electron chi connectivity index (χ0n) is 10.6. The van der Waals surface area contributed by atoms with E-state index in [2.05, 4.69) is 18.0 Å². The van der Waals surface area contributed by atoms with Crippen LogP contribution in [0, 0.1) is 6.92 Å². The summed E-state index contributed by atoms with van der Waals surface area (Å²) in [4.78, 5) is 5.48. The molecule has 2 heterocycles. The lowest BCUT2D eigenvalue weighted by molar-refractivity contribution is 0.719. The molecule has 4 heteroatoms. The second-order valence-electron chi connectivity index (χ2n) is 4.42. The third-order valence-electron chi connectivity index (χ3n) is 2.99. The smallest absolute Gasteiger partial charge is 0.0590 e. The second kappa shape index (κ2) is 5.83. The Morgan fingerprint density at radius 2 is 2.22 bits per heavy atom. The minimum atomic E-state index is -0.0730. The van der Waals surface area contributed by atoms with E-state index < -0.39 is 0 Å². The largest absolute Gasteiger partial charge is 0.323 e. The Morgan fingerprint density at radius 3 is 2.72 bits per heavy atom. The van der Waals surface area contributed by atoms with Gasteiger partial charge in [-0.3, -0.25) is 4.98 Å². The molecule has 2 aromatic rings. The first kappa shape index (κ1) is 13.5. The maximum absolute atomic E-state index is 6.23. The van der Waals surface area contributed by atoms with Crippen molar-refractivity contribution in [1.82, 2.24) is 4.98 Å². The Morgan fingerprint density at radius 1 is 1.44 bits per heavy atom. The molecule has 2 nitrogen and oxygen atoms in total. The summed E-state index contributed by atoms with van der Waals surface area (Å²) in [5, 5.41) is 2.85. The summed E-state index contributed by atoms with van der Waals surface area (Å²) < 4.78 is 0. The molecule has 0 aromatic carbocycles. The van der Waals surface area contributed by atoms with Crippen LogP contribution in [-0.4, -0.2) is 4.98 Å². The molecule has 1 atom stereocenters. The summed E-state index contributed by atoms with van der Waals surface area (Å²) in [5.74, 6) is 0. The molecule has 1 unspecified atom stereocenters. The number of aromatic nitrogens is 1. The fourth-order valence-corrected chi connectivity index (χ4v) is 3.14. The minimum absolute atomic E-state index is 0.0730. The molecule has 18 heavy (non-hydrogen) atoms. The van der Waals surface area contributed by atoms with Gasteiger partial charge in [-0.25, -0.2) is 0 Å². The Hall–Kier alpha value is -0.900. The normalized spacial score (nSPS) is 12.7. The van der Waals surface area contributed by atoms with E-state index in [0.717, 1.165) is 34.0 Å². The van der Waals surface area contributed by atoms with Crippen LogP contribution in [0.2, 0.25) is 5.02 Å². The van der Waals surface area contributed by atoms with Gasteiger partial charge in [0.15, 0.2) is 0 Å². The van der Waals surface area contributed by atoms with Crippen LogP contribution in [0.3, 0.4) is 0 Å². The average molecular weight is 281 g/mol. The van der Waals surface area contributed by atoms with Crippen LogP contribution in [0.15, 0.2) is 23.7 Å². The Kier molecular flexibility index (Phi) is 4.38. The van der Waals surface area contributed by atoms with Crippen LogP contribution in [0.25, 0.3) is 0 Å². The van der Waals surface area contributed by atoms with Crippen LogP contribution in [-0.2, 0) is 12.8 Å². The molecular weight excluding hydrogens is 264 g/mol. The van der Waals surface area contributed by atoms with E-state index >= 15 is 0 Å². The molecule has 0 aliphatic rings. The van der Waals surface area contributed by atoms with E-state index in [1.165, 1.54) is 5.56 Å². The Labute approximate surface area is 117 Å². The van der Waals surface area contributed by atoms with E-state index in [-0.39, 0.29) is 6.04 Å². The lowest BCUT2D eigenvalue weighted by atomic mass is 10.1. The maximum Gasteiger partial charge on any atom is 0.0590 e. The zero-order valence-corrected chi connectivity index (χ0v) is 12.2. The van der Waals surface area contributed by atoms with Gasteiger partial charge in [-0.2, -0.15) is 0 Å². The van der Waals surface area contributed by atoms with Gasteiger partial charge in [0.1, 0.15) is 0 Å². The molecule has 0 bridgehead atoms. The van der Waals surface area contributed by atoms with Crippen molar-refractivity contribution in [2.45, 2.75) is 32.7 Å². The predicted octanol–water partition coefficient (Wildman–Crippen LogP) is 3.91. The molecule has 0 aliphatic carbocycles. The number of hydrogen-bond acceptors (Lipinski definition) is 3. The summed E-state index contributed by atoms with van der Waals surface area (Å²) in [6.45, 7) is 4.12. The first-order valence-electron chi connectivity index (χ1n) is 6.04. The third-order valence-corrected chi connectivity index (χ3v) is 4.83. The maximum atomic E-state index is 6.23. The Bertz CT molecular complexity index is 519. The zero-order chi connectivity index (χ0) is 13.1. The highest BCUT2D eigenvalue weighted by molar-refractivity contribution is 7.10. The van der Waals surface area contributed by atoms with E-state index in [9.17, 15) is 0 Å². The number of nitrogens with two attached hydrogens (primary N) is 1. The number of nitrogens with zero attached hydrogens (tertiary/aromatic N) is 1. The van der Waals surface area contributed by atoms with Gasteiger partial charge in [0.2, 0.25) is 0 Å². The highest BCUT2D eigenvalue weighted by atomic mass is 35.5. The molecule has 2 N–H and O–H groups in total. The monoisotopic (exact) mass is 280 g/mol. The summed E-state index contributed by atoms with van der Waals surface area (Å²) in [5.41, 5.74) is 9.56. The predicted molar refractivity (Wildman–Crippen MR) is 78.3 cm³/mol. The van der Waals surface area contributed by atoms with E-state index in [1.807, 2.05) is 24.6 Å². The van der Waals surface area contributed by atoms with Gasteiger partial charge in [0.05, 0.1) is 5.02 Å². The topological polar surface area (TPSA) is 38.9 Å². The van der Waals surface area contributed by atoms with Crippen LogP contribution in [0.5, 0.6) is 0 Å². The van der Waals surface area contributed by atoms with Crippen LogP contribution in [0.1, 0.15) is 34.7 Å². The average Bonchev–Trinajstić information content (AvgIpc) is 2.71. The van der Waals surface area contributed by atoms with Crippen molar-refractivity contribution in [1.29, 1.82) is 0 Å². The molecule has 0 amide bonds. The molecular formula is C14H17ClN2S. The number of aryl methyl sites for hydroxylation is 2. The van der Waals surface area contributed by atoms with Gasteiger partial charge < -0.3 is 5.73 Å². The molecule has 0 fully saturated rings. The number of thiophene rings is 1. The van der Waals surface area contributed by atoms with E-state index in [1.54, 1.807) is 11.3 Å². The first-order valence-corrected chi connectivity index (χ1v) is 7.30. The first-order chi connectivity index (χ1) is 8.61. The van der Waals surface area contributed by atoms with Crippen LogP contribution in [0.4, 0.5) is 0 Å². The molecule has 0 aliphatic heterocycles. The standard InChI is InChI=1S/C14H17ClN2S/c1-3-10-4-5-11(17-7-10)6-12(16)14-13(15)9(2)8-18-14/h4-5,7-8,12H,3,6,16H2,1-2H3. The highest BCUT2D eigenvalue weighted by Crippen LogP contribution is 2.32. The van der Waals surface area contributed by atoms with Crippen LogP contribution >= 0.6 is 22.9 Å². The summed E-state index contributed by atoms with van der Waals surface area (Å²) in [6, 6.07) is 4.08. The summed E-state index contributed by atoms with van der Waals surface area (Å²) in [6.07, 6.45) is 3.66. The number of hydrogen-bond donors (Lipinski definition) is 1. The molecule has 0 spiro atoms. The fraction of sp³-hybridized carbons (Fsp3) is 0.357. The molecule has 96 valence electrons. The molecule has 2 aromatic heterocycles. The lowest BCUT2D eigenvalue weighted by Gasteiger charge is -2.10. The van der Waals surface area contributed by atoms with Gasteiger partial charge in [0, 0.05) is 29.2 Å². The Balaban J connectivity index is 2.11. The van der Waals surface area contributed by atoms with Gasteiger partial charge >= 0.3 is 0 Å². The summed E-state index contributed by atoms with van der Waals surface area (Å²) >= 11 is 7.85. The number of rotatable bonds is 4. The van der Waals surface area contributed by atoms with Crippen molar-refractivity contribution in [2.75, 3.05) is 0 Å². The van der Waals surface area contributed by atoms with Gasteiger partial charge in [-0.05, 0) is 35.9 Å². The molecule has 0 radical (unpaired) electrons. The number of pyridine rings is 1. The SMILES string of the molecule is CCc1ccc(CC(N)c2scc(C)c2Cl)nc1. The van der Waals surface area contributed by atoms with Crippen molar-refractivity contribution in [3.63, 3.8) is 0 Å². The van der Waals surface area contributed by atoms with Crippen molar-refractivity contribution in [3.8, 4) is 0 Å². The van der Waals surface area contributed by atoms with Crippen molar-refractivity contribution in [3.05, 3.63) is 50.4 Å². The molecule has 0 saturated heterocycles. The summed E-state index contributed by atoms with van der Waals surface area (Å²) in [7, 11) is 0. The van der Waals surface area contributed by atoms with Gasteiger partial charge in [0.25, 0.3) is 0 Å². The van der Waals surface area contributed by atoms with E-state index in [4.69, 9.17) is 17.3 Å². The molecule has 2 rings (SSSR count). The van der Waals surface area contributed by atoms with Gasteiger partial charge in [-0.15, -0.1) is 11.3 Å². The van der Waals surface area contributed by atoms with Crippen molar-refractivity contribution < 1.29 is 0 Å². The fourth-order valence-electron chi connectivity index (χ4n) is 1.80.